The van der Waals surface area contributed by atoms with Crippen LogP contribution in [0.25, 0.3) is 0 Å². The van der Waals surface area contributed by atoms with Crippen molar-refractivity contribution in [3.05, 3.63) is 59.7 Å². The molecule has 0 spiro atoms. The summed E-state index contributed by atoms with van der Waals surface area (Å²) in [7, 11) is 0. The Morgan fingerprint density at radius 1 is 1.04 bits per heavy atom. The summed E-state index contributed by atoms with van der Waals surface area (Å²) >= 11 is 1.99. The number of rotatable bonds is 6. The molecular formula is C21H25N3O2S. The third kappa shape index (κ3) is 5.58. The number of thioether (sulfide) groups is 1. The topological polar surface area (TPSA) is 61.4 Å². The Labute approximate surface area is 164 Å². The minimum Gasteiger partial charge on any atom is -0.326 e. The lowest BCUT2D eigenvalue weighted by molar-refractivity contribution is -0.115. The fourth-order valence-electron chi connectivity index (χ4n) is 2.96. The van der Waals surface area contributed by atoms with E-state index in [2.05, 4.69) is 21.6 Å². The second-order valence-corrected chi connectivity index (χ2v) is 7.71. The van der Waals surface area contributed by atoms with Crippen LogP contribution in [-0.4, -0.2) is 41.3 Å². The summed E-state index contributed by atoms with van der Waals surface area (Å²) in [6.45, 7) is 4.78. The molecular weight excluding hydrogens is 358 g/mol. The molecule has 142 valence electrons. The van der Waals surface area contributed by atoms with E-state index in [9.17, 15) is 9.59 Å². The first-order valence-corrected chi connectivity index (χ1v) is 10.4. The maximum absolute atomic E-state index is 12.7. The number of benzene rings is 2. The Morgan fingerprint density at radius 2 is 1.81 bits per heavy atom. The number of nitrogens with one attached hydrogen (secondary N) is 2. The van der Waals surface area contributed by atoms with Gasteiger partial charge in [0.25, 0.3) is 5.91 Å². The van der Waals surface area contributed by atoms with Gasteiger partial charge in [0.1, 0.15) is 0 Å². The predicted molar refractivity (Wildman–Crippen MR) is 112 cm³/mol. The molecule has 0 bridgehead atoms. The van der Waals surface area contributed by atoms with E-state index in [0.717, 1.165) is 42.4 Å². The zero-order valence-corrected chi connectivity index (χ0v) is 16.3. The number of nitrogens with zero attached hydrogens (tertiary/aromatic N) is 1. The highest BCUT2D eigenvalue weighted by Gasteiger charge is 2.14. The summed E-state index contributed by atoms with van der Waals surface area (Å²) in [5, 5.41) is 5.82. The molecule has 6 heteroatoms. The third-order valence-corrected chi connectivity index (χ3v) is 5.44. The summed E-state index contributed by atoms with van der Waals surface area (Å²) in [4.78, 5) is 26.7. The second-order valence-electron chi connectivity index (χ2n) is 6.48. The Balaban J connectivity index is 1.70. The van der Waals surface area contributed by atoms with Crippen LogP contribution in [0.5, 0.6) is 0 Å². The molecule has 0 aromatic heterocycles. The van der Waals surface area contributed by atoms with E-state index in [1.165, 1.54) is 0 Å². The number of carbonyl (C=O) groups is 2. The molecule has 1 saturated heterocycles. The standard InChI is InChI=1S/C21H25N3O2S/c1-2-20(25)22-18-8-5-7-16(14-18)21(26)23-19-9-4-3-6-17(19)15-24-10-12-27-13-11-24/h3-9,14H,2,10-13,15H2,1H3,(H,22,25)(H,23,26). The molecule has 0 unspecified atom stereocenters. The zero-order chi connectivity index (χ0) is 19.1. The third-order valence-electron chi connectivity index (χ3n) is 4.49. The summed E-state index contributed by atoms with van der Waals surface area (Å²) in [5.41, 5.74) is 3.11. The van der Waals surface area contributed by atoms with Crippen molar-refractivity contribution < 1.29 is 9.59 Å². The van der Waals surface area contributed by atoms with Gasteiger partial charge < -0.3 is 10.6 Å². The number of anilines is 2. The van der Waals surface area contributed by atoms with Crippen LogP contribution in [-0.2, 0) is 11.3 Å². The van der Waals surface area contributed by atoms with E-state index in [0.29, 0.717) is 17.7 Å². The minimum absolute atomic E-state index is 0.0717. The van der Waals surface area contributed by atoms with Gasteiger partial charge in [0, 0.05) is 54.5 Å². The van der Waals surface area contributed by atoms with Gasteiger partial charge in [-0.1, -0.05) is 31.2 Å². The summed E-state index contributed by atoms with van der Waals surface area (Å²) in [6, 6.07) is 15.0. The monoisotopic (exact) mass is 383 g/mol. The highest BCUT2D eigenvalue weighted by Crippen LogP contribution is 2.21. The van der Waals surface area contributed by atoms with Crippen LogP contribution in [0.1, 0.15) is 29.3 Å². The molecule has 3 rings (SSSR count). The molecule has 2 aromatic carbocycles. The van der Waals surface area contributed by atoms with E-state index in [1.54, 1.807) is 31.2 Å². The maximum Gasteiger partial charge on any atom is 0.255 e. The molecule has 2 N–H and O–H groups in total. The molecule has 2 aromatic rings. The van der Waals surface area contributed by atoms with Crippen LogP contribution in [0.2, 0.25) is 0 Å². The van der Waals surface area contributed by atoms with Gasteiger partial charge in [-0.3, -0.25) is 14.5 Å². The lowest BCUT2D eigenvalue weighted by atomic mass is 10.1. The fourth-order valence-corrected chi connectivity index (χ4v) is 3.94. The number of carbonyl (C=O) groups excluding carboxylic acids is 2. The Hall–Kier alpha value is -2.31. The van der Waals surface area contributed by atoms with E-state index >= 15 is 0 Å². The van der Waals surface area contributed by atoms with Crippen molar-refractivity contribution in [2.45, 2.75) is 19.9 Å². The van der Waals surface area contributed by atoms with Gasteiger partial charge in [0.15, 0.2) is 0 Å². The Kier molecular flexibility index (Phi) is 6.90. The quantitative estimate of drug-likeness (QED) is 0.796. The highest BCUT2D eigenvalue weighted by molar-refractivity contribution is 7.99. The van der Waals surface area contributed by atoms with Crippen LogP contribution >= 0.6 is 11.8 Å². The first kappa shape index (κ1) is 19.5. The predicted octanol–water partition coefficient (Wildman–Crippen LogP) is 3.84. The molecule has 5 nitrogen and oxygen atoms in total. The fraction of sp³-hybridized carbons (Fsp3) is 0.333. The van der Waals surface area contributed by atoms with Crippen LogP contribution in [0.4, 0.5) is 11.4 Å². The molecule has 0 aliphatic carbocycles. The largest absolute Gasteiger partial charge is 0.326 e. The lowest BCUT2D eigenvalue weighted by Crippen LogP contribution is -2.32. The van der Waals surface area contributed by atoms with Gasteiger partial charge in [-0.25, -0.2) is 0 Å². The van der Waals surface area contributed by atoms with Crippen LogP contribution in [0.3, 0.4) is 0 Å². The van der Waals surface area contributed by atoms with Crippen LogP contribution < -0.4 is 10.6 Å². The number of hydrogen-bond donors (Lipinski definition) is 2. The average molecular weight is 384 g/mol. The lowest BCUT2D eigenvalue weighted by Gasteiger charge is -2.27. The average Bonchev–Trinajstić information content (AvgIpc) is 2.70. The molecule has 1 heterocycles. The van der Waals surface area contributed by atoms with Gasteiger partial charge in [-0.05, 0) is 29.8 Å². The first-order chi connectivity index (χ1) is 13.2. The first-order valence-electron chi connectivity index (χ1n) is 9.25. The molecule has 27 heavy (non-hydrogen) atoms. The van der Waals surface area contributed by atoms with Gasteiger partial charge in [-0.2, -0.15) is 11.8 Å². The molecule has 0 atom stereocenters. The van der Waals surface area contributed by atoms with Crippen molar-refractivity contribution in [1.29, 1.82) is 0 Å². The van der Waals surface area contributed by atoms with Crippen molar-refractivity contribution in [3.8, 4) is 0 Å². The van der Waals surface area contributed by atoms with Gasteiger partial charge in [0.2, 0.25) is 5.91 Å². The number of para-hydroxylation sites is 1. The number of hydrogen-bond acceptors (Lipinski definition) is 4. The molecule has 0 radical (unpaired) electrons. The minimum atomic E-state index is -0.177. The van der Waals surface area contributed by atoms with Crippen LogP contribution in [0, 0.1) is 0 Å². The summed E-state index contributed by atoms with van der Waals surface area (Å²) in [5.74, 6) is 2.07. The van der Waals surface area contributed by atoms with Crippen molar-refractivity contribution >= 4 is 35.0 Å². The smallest absolute Gasteiger partial charge is 0.255 e. The number of amides is 2. The molecule has 1 fully saturated rings. The van der Waals surface area contributed by atoms with Gasteiger partial charge >= 0.3 is 0 Å². The Bertz CT molecular complexity index is 804. The summed E-state index contributed by atoms with van der Waals surface area (Å²) in [6.07, 6.45) is 0.402. The van der Waals surface area contributed by atoms with Crippen LogP contribution in [0.15, 0.2) is 48.5 Å². The van der Waals surface area contributed by atoms with Crippen molar-refractivity contribution in [2.24, 2.45) is 0 Å². The zero-order valence-electron chi connectivity index (χ0n) is 15.5. The molecule has 2 amide bonds. The van der Waals surface area contributed by atoms with E-state index in [4.69, 9.17) is 0 Å². The molecule has 1 aliphatic heterocycles. The van der Waals surface area contributed by atoms with Gasteiger partial charge in [-0.15, -0.1) is 0 Å². The van der Waals surface area contributed by atoms with Gasteiger partial charge in [0.05, 0.1) is 0 Å². The van der Waals surface area contributed by atoms with Crippen molar-refractivity contribution in [2.75, 3.05) is 35.2 Å². The van der Waals surface area contributed by atoms with E-state index < -0.39 is 0 Å². The molecule has 0 saturated carbocycles. The van der Waals surface area contributed by atoms with E-state index in [1.807, 2.05) is 30.0 Å². The maximum atomic E-state index is 12.7. The normalized spacial score (nSPS) is 14.6. The SMILES string of the molecule is CCC(=O)Nc1cccc(C(=O)Nc2ccccc2CN2CCSCC2)c1. The summed E-state index contributed by atoms with van der Waals surface area (Å²) < 4.78 is 0. The van der Waals surface area contributed by atoms with Crippen molar-refractivity contribution in [3.63, 3.8) is 0 Å². The Morgan fingerprint density at radius 3 is 2.59 bits per heavy atom. The van der Waals surface area contributed by atoms with Crippen molar-refractivity contribution in [1.82, 2.24) is 4.90 Å². The van der Waals surface area contributed by atoms with E-state index in [-0.39, 0.29) is 11.8 Å². The second kappa shape index (κ2) is 9.58. The molecule has 1 aliphatic rings. The highest BCUT2D eigenvalue weighted by atomic mass is 32.2.